The highest BCUT2D eigenvalue weighted by Crippen LogP contribution is 2.47. The second-order valence-electron chi connectivity index (χ2n) is 15.8. The van der Waals surface area contributed by atoms with Crippen molar-refractivity contribution in [1.29, 1.82) is 0 Å². The molecule has 7 atom stereocenters. The van der Waals surface area contributed by atoms with Crippen molar-refractivity contribution in [2.45, 2.75) is 210 Å². The zero-order valence-electron chi connectivity index (χ0n) is 36.4. The van der Waals surface area contributed by atoms with Gasteiger partial charge in [0.05, 0.1) is 12.7 Å². The summed E-state index contributed by atoms with van der Waals surface area (Å²) < 4.78 is 33.4. The summed E-state index contributed by atoms with van der Waals surface area (Å²) in [5.74, 6) is -1.20. The minimum absolute atomic E-state index is 0.0108. The van der Waals surface area contributed by atoms with Gasteiger partial charge in [-0.3, -0.25) is 18.6 Å². The Morgan fingerprint density at radius 2 is 1.12 bits per heavy atom. The molecule has 0 saturated heterocycles. The number of phosphoric acid groups is 1. The van der Waals surface area contributed by atoms with E-state index in [1.165, 1.54) is 70.6 Å². The summed E-state index contributed by atoms with van der Waals surface area (Å²) in [5.41, 5.74) is 0. The Labute approximate surface area is 359 Å². The number of rotatable bonds is 36. The van der Waals surface area contributed by atoms with Crippen molar-refractivity contribution in [3.63, 3.8) is 0 Å². The van der Waals surface area contributed by atoms with Crippen molar-refractivity contribution in [2.24, 2.45) is 0 Å². The molecule has 0 bridgehead atoms. The van der Waals surface area contributed by atoms with Crippen LogP contribution in [0.15, 0.2) is 48.6 Å². The Balaban J connectivity index is 2.55. The highest BCUT2D eigenvalue weighted by atomic mass is 31.2. The van der Waals surface area contributed by atoms with Gasteiger partial charge in [0.2, 0.25) is 0 Å². The van der Waals surface area contributed by atoms with Gasteiger partial charge in [0.25, 0.3) is 0 Å². The molecule has 0 radical (unpaired) electrons. The van der Waals surface area contributed by atoms with Crippen LogP contribution in [0.2, 0.25) is 0 Å². The molecule has 1 aliphatic carbocycles. The van der Waals surface area contributed by atoms with Crippen LogP contribution in [0, 0.1) is 0 Å². The molecule has 7 N–H and O–H groups in total. The fourth-order valence-electron chi connectivity index (χ4n) is 6.54. The standard InChI is InChI=1S/C45H79O14P/c1-3-5-7-9-11-12-13-14-15-16-20-24-28-32-38(47)56-34-37(35-57-60(54,55)59-45-43(52)41(50)40(49)42(51)44(45)53)58-39(48)33-29-25-21-18-17-19-23-27-31-36(46)30-26-22-10-8-6-4-2/h18-19,21-23,26-27,31,36-37,40-46,49-53H,3-17,20,24-25,28-30,32-35H2,1-2H3,(H,54,55). The third-order valence-corrected chi connectivity index (χ3v) is 11.2. The average Bonchev–Trinajstić information content (AvgIpc) is 3.22. The number of allylic oxidation sites excluding steroid dienone is 6. The minimum Gasteiger partial charge on any atom is -0.462 e. The number of hydrogen-bond acceptors (Lipinski definition) is 13. The van der Waals surface area contributed by atoms with E-state index in [9.17, 15) is 49.7 Å². The van der Waals surface area contributed by atoms with Gasteiger partial charge < -0.3 is 45.0 Å². The predicted molar refractivity (Wildman–Crippen MR) is 232 cm³/mol. The summed E-state index contributed by atoms with van der Waals surface area (Å²) in [6.45, 7) is 3.14. The van der Waals surface area contributed by atoms with E-state index < -0.39 is 81.8 Å². The van der Waals surface area contributed by atoms with E-state index in [0.717, 1.165) is 32.1 Å². The molecule has 0 amide bonds. The maximum atomic E-state index is 12.8. The molecule has 0 aliphatic heterocycles. The lowest BCUT2D eigenvalue weighted by Crippen LogP contribution is -2.64. The zero-order valence-corrected chi connectivity index (χ0v) is 37.2. The molecule has 0 aromatic rings. The summed E-state index contributed by atoms with van der Waals surface area (Å²) in [4.78, 5) is 35.6. The van der Waals surface area contributed by atoms with E-state index in [4.69, 9.17) is 18.5 Å². The van der Waals surface area contributed by atoms with Crippen LogP contribution in [0.4, 0.5) is 0 Å². The molecular weight excluding hydrogens is 795 g/mol. The van der Waals surface area contributed by atoms with Gasteiger partial charge in [-0.2, -0.15) is 0 Å². The lowest BCUT2D eigenvalue weighted by atomic mass is 9.85. The quantitative estimate of drug-likeness (QED) is 0.0107. The topological polar surface area (TPSA) is 230 Å². The van der Waals surface area contributed by atoms with E-state index in [1.807, 2.05) is 30.4 Å². The number of unbranched alkanes of at least 4 members (excludes halogenated alkanes) is 16. The zero-order chi connectivity index (χ0) is 44.4. The van der Waals surface area contributed by atoms with E-state index in [1.54, 1.807) is 12.2 Å². The molecule has 1 aliphatic rings. The summed E-state index contributed by atoms with van der Waals surface area (Å²) in [6.07, 6.45) is 23.4. The molecule has 1 rings (SSSR count). The molecule has 0 heterocycles. The first-order valence-corrected chi connectivity index (χ1v) is 24.0. The van der Waals surface area contributed by atoms with Crippen LogP contribution >= 0.6 is 7.82 Å². The Morgan fingerprint density at radius 3 is 1.73 bits per heavy atom. The van der Waals surface area contributed by atoms with Crippen molar-refractivity contribution >= 4 is 19.8 Å². The van der Waals surface area contributed by atoms with Crippen LogP contribution in [0.3, 0.4) is 0 Å². The molecule has 15 heteroatoms. The maximum absolute atomic E-state index is 12.8. The van der Waals surface area contributed by atoms with Crippen molar-refractivity contribution in [1.82, 2.24) is 0 Å². The van der Waals surface area contributed by atoms with E-state index in [-0.39, 0.29) is 12.8 Å². The predicted octanol–water partition coefficient (Wildman–Crippen LogP) is 7.36. The molecule has 0 aromatic carbocycles. The van der Waals surface area contributed by atoms with Gasteiger partial charge in [-0.15, -0.1) is 0 Å². The lowest BCUT2D eigenvalue weighted by molar-refractivity contribution is -0.220. The summed E-state index contributed by atoms with van der Waals surface area (Å²) in [7, 11) is -5.15. The third-order valence-electron chi connectivity index (χ3n) is 10.3. The fourth-order valence-corrected chi connectivity index (χ4v) is 7.51. The van der Waals surface area contributed by atoms with Crippen molar-refractivity contribution in [3.05, 3.63) is 48.6 Å². The van der Waals surface area contributed by atoms with Gasteiger partial charge in [0, 0.05) is 12.8 Å². The largest absolute Gasteiger partial charge is 0.472 e. The Bertz CT molecular complexity index is 1260. The molecule has 1 saturated carbocycles. The van der Waals surface area contributed by atoms with Gasteiger partial charge >= 0.3 is 19.8 Å². The number of hydrogen-bond donors (Lipinski definition) is 7. The van der Waals surface area contributed by atoms with E-state index in [2.05, 4.69) is 19.9 Å². The summed E-state index contributed by atoms with van der Waals surface area (Å²) in [6, 6.07) is 0. The van der Waals surface area contributed by atoms with E-state index >= 15 is 0 Å². The molecule has 7 unspecified atom stereocenters. The van der Waals surface area contributed by atoms with Gasteiger partial charge in [-0.25, -0.2) is 4.57 Å². The molecule has 14 nitrogen and oxygen atoms in total. The minimum atomic E-state index is -5.15. The molecule has 1 fully saturated rings. The number of esters is 2. The van der Waals surface area contributed by atoms with Crippen LogP contribution in [0.1, 0.15) is 162 Å². The number of aliphatic hydroxyl groups excluding tert-OH is 6. The number of aliphatic hydroxyl groups is 6. The van der Waals surface area contributed by atoms with Crippen molar-refractivity contribution in [2.75, 3.05) is 13.2 Å². The van der Waals surface area contributed by atoms with Gasteiger partial charge in [-0.05, 0) is 44.9 Å². The second kappa shape index (κ2) is 35.3. The molecular formula is C45H79O14P. The van der Waals surface area contributed by atoms with Gasteiger partial charge in [-0.1, -0.05) is 152 Å². The summed E-state index contributed by atoms with van der Waals surface area (Å²) >= 11 is 0. The first-order valence-electron chi connectivity index (χ1n) is 22.5. The second-order valence-corrected chi connectivity index (χ2v) is 17.2. The average molecular weight is 875 g/mol. The number of carbonyl (C=O) groups excluding carboxylic acids is 2. The van der Waals surface area contributed by atoms with Crippen LogP contribution in [0.5, 0.6) is 0 Å². The highest BCUT2D eigenvalue weighted by Gasteiger charge is 2.51. The first-order chi connectivity index (χ1) is 28.8. The number of carbonyl (C=O) groups is 2. The third kappa shape index (κ3) is 27.7. The lowest BCUT2D eigenvalue weighted by Gasteiger charge is -2.41. The fraction of sp³-hybridized carbons (Fsp3) is 0.778. The molecule has 60 heavy (non-hydrogen) atoms. The first kappa shape index (κ1) is 55.8. The SMILES string of the molecule is CCCCCC=CCC(O)C=CC=CCC=CCCCC(=O)OC(COC(=O)CCCCCCCCCCCCCCC)COP(=O)(O)OC1C(O)C(O)C(O)C(O)C1O. The monoisotopic (exact) mass is 875 g/mol. The smallest absolute Gasteiger partial charge is 0.462 e. The molecule has 0 spiro atoms. The molecule has 348 valence electrons. The van der Waals surface area contributed by atoms with Crippen LogP contribution < -0.4 is 0 Å². The number of phosphoric ester groups is 1. The Morgan fingerprint density at radius 1 is 0.600 bits per heavy atom. The highest BCUT2D eigenvalue weighted by molar-refractivity contribution is 7.47. The van der Waals surface area contributed by atoms with Gasteiger partial charge in [0.15, 0.2) is 6.10 Å². The van der Waals surface area contributed by atoms with E-state index in [0.29, 0.717) is 32.1 Å². The van der Waals surface area contributed by atoms with Crippen LogP contribution in [0.25, 0.3) is 0 Å². The van der Waals surface area contributed by atoms with Crippen LogP contribution in [-0.4, -0.2) is 110 Å². The maximum Gasteiger partial charge on any atom is 0.472 e. The van der Waals surface area contributed by atoms with Crippen LogP contribution in [-0.2, 0) is 32.7 Å². The van der Waals surface area contributed by atoms with Gasteiger partial charge in [0.1, 0.15) is 43.2 Å². The van der Waals surface area contributed by atoms with Crippen molar-refractivity contribution < 1.29 is 68.2 Å². The Kier molecular flexibility index (Phi) is 32.8. The normalized spacial score (nSPS) is 23.1. The number of ether oxygens (including phenoxy) is 2. The van der Waals surface area contributed by atoms with Crippen molar-refractivity contribution in [3.8, 4) is 0 Å². The molecule has 0 aromatic heterocycles. The Hall–Kier alpha value is -2.23. The summed E-state index contributed by atoms with van der Waals surface area (Å²) in [5, 5.41) is 60.1.